The lowest BCUT2D eigenvalue weighted by Gasteiger charge is -2.07. The quantitative estimate of drug-likeness (QED) is 0.670. The first kappa shape index (κ1) is 13.0. The number of hydrogen-bond donors (Lipinski definition) is 0. The van der Waals surface area contributed by atoms with Crippen LogP contribution in [0.4, 0.5) is 0 Å². The van der Waals surface area contributed by atoms with E-state index in [0.29, 0.717) is 5.56 Å². The highest BCUT2D eigenvalue weighted by atomic mass is 16.5. The normalized spacial score (nSPS) is 9.86. The van der Waals surface area contributed by atoms with Crippen LogP contribution in [0.25, 0.3) is 11.1 Å². The molecule has 0 N–H and O–H groups in total. The molecule has 2 nitrogen and oxygen atoms in total. The van der Waals surface area contributed by atoms with E-state index in [0.717, 1.165) is 17.1 Å². The van der Waals surface area contributed by atoms with E-state index in [4.69, 9.17) is 10.00 Å². The van der Waals surface area contributed by atoms with Gasteiger partial charge in [-0.25, -0.2) is 0 Å². The zero-order valence-corrected chi connectivity index (χ0v) is 11.4. The Kier molecular flexibility index (Phi) is 3.66. The molecule has 3 aromatic carbocycles. The summed E-state index contributed by atoms with van der Waals surface area (Å²) < 4.78 is 5.76. The highest BCUT2D eigenvalue weighted by Gasteiger charge is 2.00. The largest absolute Gasteiger partial charge is 0.457 e. The van der Waals surface area contributed by atoms with Crippen LogP contribution in [0.5, 0.6) is 11.5 Å². The van der Waals surface area contributed by atoms with Crippen molar-refractivity contribution in [3.05, 3.63) is 84.4 Å². The standard InChI is InChI=1S/C19H13NO/c20-14-15-6-10-18(11-7-15)21-19-12-8-17(9-13-19)16-4-2-1-3-5-16/h1-13H. The van der Waals surface area contributed by atoms with Crippen LogP contribution < -0.4 is 4.74 Å². The van der Waals surface area contributed by atoms with Gasteiger partial charge in [0, 0.05) is 0 Å². The molecule has 0 aromatic heterocycles. The zero-order valence-electron chi connectivity index (χ0n) is 11.4. The first-order valence-electron chi connectivity index (χ1n) is 6.69. The van der Waals surface area contributed by atoms with Gasteiger partial charge in [0.15, 0.2) is 0 Å². The minimum atomic E-state index is 0.627. The predicted molar refractivity (Wildman–Crippen MR) is 83.1 cm³/mol. The van der Waals surface area contributed by atoms with Crippen molar-refractivity contribution in [2.75, 3.05) is 0 Å². The second kappa shape index (κ2) is 5.94. The van der Waals surface area contributed by atoms with Gasteiger partial charge in [-0.2, -0.15) is 5.26 Å². The Morgan fingerprint density at radius 3 is 1.71 bits per heavy atom. The van der Waals surface area contributed by atoms with Crippen molar-refractivity contribution in [3.8, 4) is 28.7 Å². The fraction of sp³-hybridized carbons (Fsp3) is 0. The predicted octanol–water partition coefficient (Wildman–Crippen LogP) is 5.02. The summed E-state index contributed by atoms with van der Waals surface area (Å²) in [6, 6.07) is 27.3. The molecule has 0 unspecified atom stereocenters. The molecule has 0 saturated heterocycles. The van der Waals surface area contributed by atoms with Gasteiger partial charge < -0.3 is 4.74 Å². The summed E-state index contributed by atoms with van der Waals surface area (Å²) in [5.41, 5.74) is 2.96. The van der Waals surface area contributed by atoms with Gasteiger partial charge in [-0.1, -0.05) is 42.5 Å². The molecular formula is C19H13NO. The summed E-state index contributed by atoms with van der Waals surface area (Å²) in [6.45, 7) is 0. The van der Waals surface area contributed by atoms with Crippen molar-refractivity contribution in [1.29, 1.82) is 5.26 Å². The van der Waals surface area contributed by atoms with Crippen molar-refractivity contribution in [3.63, 3.8) is 0 Å². The van der Waals surface area contributed by atoms with E-state index in [1.807, 2.05) is 42.5 Å². The van der Waals surface area contributed by atoms with Crippen LogP contribution in [-0.2, 0) is 0 Å². The number of benzene rings is 3. The van der Waals surface area contributed by atoms with Gasteiger partial charge in [0.1, 0.15) is 11.5 Å². The molecule has 2 heteroatoms. The summed E-state index contributed by atoms with van der Waals surface area (Å²) in [4.78, 5) is 0. The molecule has 0 aliphatic carbocycles. The van der Waals surface area contributed by atoms with Crippen LogP contribution in [0.15, 0.2) is 78.9 Å². The SMILES string of the molecule is N#Cc1ccc(Oc2ccc(-c3ccccc3)cc2)cc1. The van der Waals surface area contributed by atoms with E-state index < -0.39 is 0 Å². The summed E-state index contributed by atoms with van der Waals surface area (Å²) in [6.07, 6.45) is 0. The summed E-state index contributed by atoms with van der Waals surface area (Å²) in [5, 5.41) is 8.77. The Hall–Kier alpha value is -3.05. The Balaban J connectivity index is 1.76. The van der Waals surface area contributed by atoms with E-state index in [-0.39, 0.29) is 0 Å². The number of nitriles is 1. The lowest BCUT2D eigenvalue weighted by molar-refractivity contribution is 0.482. The number of rotatable bonds is 3. The fourth-order valence-corrected chi connectivity index (χ4v) is 2.08. The molecule has 100 valence electrons. The van der Waals surface area contributed by atoms with Gasteiger partial charge in [-0.05, 0) is 47.5 Å². The zero-order chi connectivity index (χ0) is 14.5. The van der Waals surface area contributed by atoms with Gasteiger partial charge in [-0.3, -0.25) is 0 Å². The summed E-state index contributed by atoms with van der Waals surface area (Å²) in [7, 11) is 0. The Bertz CT molecular complexity index is 753. The van der Waals surface area contributed by atoms with Crippen molar-refractivity contribution < 1.29 is 4.74 Å². The third-order valence-corrected chi connectivity index (χ3v) is 3.18. The molecule has 21 heavy (non-hydrogen) atoms. The van der Waals surface area contributed by atoms with Crippen LogP contribution in [0.1, 0.15) is 5.56 Å². The number of hydrogen-bond acceptors (Lipinski definition) is 2. The molecule has 0 bridgehead atoms. The first-order chi connectivity index (χ1) is 10.3. The van der Waals surface area contributed by atoms with Gasteiger partial charge in [-0.15, -0.1) is 0 Å². The number of ether oxygens (including phenoxy) is 1. The average molecular weight is 271 g/mol. The molecule has 3 aromatic rings. The molecule has 0 spiro atoms. The average Bonchev–Trinajstić information content (AvgIpc) is 2.57. The second-order valence-electron chi connectivity index (χ2n) is 4.63. The van der Waals surface area contributed by atoms with Gasteiger partial charge in [0.2, 0.25) is 0 Å². The van der Waals surface area contributed by atoms with Crippen molar-refractivity contribution in [1.82, 2.24) is 0 Å². The van der Waals surface area contributed by atoms with E-state index in [9.17, 15) is 0 Å². The van der Waals surface area contributed by atoms with E-state index in [2.05, 4.69) is 18.2 Å². The van der Waals surface area contributed by atoms with Crippen molar-refractivity contribution in [2.24, 2.45) is 0 Å². The van der Waals surface area contributed by atoms with E-state index in [1.54, 1.807) is 24.3 Å². The Morgan fingerprint density at radius 2 is 1.14 bits per heavy atom. The van der Waals surface area contributed by atoms with Crippen LogP contribution in [-0.4, -0.2) is 0 Å². The molecule has 0 saturated carbocycles. The second-order valence-corrected chi connectivity index (χ2v) is 4.63. The van der Waals surface area contributed by atoms with E-state index in [1.165, 1.54) is 5.56 Å². The molecule has 0 atom stereocenters. The minimum absolute atomic E-state index is 0.627. The maximum absolute atomic E-state index is 8.77. The summed E-state index contributed by atoms with van der Waals surface area (Å²) >= 11 is 0. The third kappa shape index (κ3) is 3.10. The highest BCUT2D eigenvalue weighted by molar-refractivity contribution is 5.64. The number of nitrogens with zero attached hydrogens (tertiary/aromatic N) is 1. The molecule has 0 radical (unpaired) electrons. The van der Waals surface area contributed by atoms with E-state index >= 15 is 0 Å². The first-order valence-corrected chi connectivity index (χ1v) is 6.69. The van der Waals surface area contributed by atoms with Crippen LogP contribution >= 0.6 is 0 Å². The van der Waals surface area contributed by atoms with Gasteiger partial charge >= 0.3 is 0 Å². The topological polar surface area (TPSA) is 33.0 Å². The molecule has 0 heterocycles. The smallest absolute Gasteiger partial charge is 0.127 e. The Morgan fingerprint density at radius 1 is 0.619 bits per heavy atom. The maximum atomic E-state index is 8.77. The summed E-state index contributed by atoms with van der Waals surface area (Å²) in [5.74, 6) is 1.50. The highest BCUT2D eigenvalue weighted by Crippen LogP contribution is 2.25. The third-order valence-electron chi connectivity index (χ3n) is 3.18. The van der Waals surface area contributed by atoms with Crippen LogP contribution in [0.2, 0.25) is 0 Å². The molecule has 0 amide bonds. The molecule has 0 aliphatic heterocycles. The Labute approximate surface area is 123 Å². The molecule has 0 aliphatic rings. The molecular weight excluding hydrogens is 258 g/mol. The lowest BCUT2D eigenvalue weighted by atomic mass is 10.1. The van der Waals surface area contributed by atoms with Gasteiger partial charge in [0.05, 0.1) is 11.6 Å². The van der Waals surface area contributed by atoms with Crippen LogP contribution in [0.3, 0.4) is 0 Å². The lowest BCUT2D eigenvalue weighted by Crippen LogP contribution is -1.85. The van der Waals surface area contributed by atoms with Crippen molar-refractivity contribution >= 4 is 0 Å². The molecule has 3 rings (SSSR count). The maximum Gasteiger partial charge on any atom is 0.127 e. The van der Waals surface area contributed by atoms with Gasteiger partial charge in [0.25, 0.3) is 0 Å². The minimum Gasteiger partial charge on any atom is -0.457 e. The van der Waals surface area contributed by atoms with Crippen molar-refractivity contribution in [2.45, 2.75) is 0 Å². The molecule has 0 fully saturated rings. The monoisotopic (exact) mass is 271 g/mol. The van der Waals surface area contributed by atoms with Crippen LogP contribution in [0, 0.1) is 11.3 Å². The fourth-order valence-electron chi connectivity index (χ4n) is 2.08.